The van der Waals surface area contributed by atoms with Crippen LogP contribution in [0.1, 0.15) is 29.2 Å². The van der Waals surface area contributed by atoms with E-state index in [1.165, 1.54) is 17.3 Å². The van der Waals surface area contributed by atoms with Gasteiger partial charge in [0.2, 0.25) is 0 Å². The fourth-order valence-corrected chi connectivity index (χ4v) is 4.19. The predicted octanol–water partition coefficient (Wildman–Crippen LogP) is 4.95. The zero-order valence-corrected chi connectivity index (χ0v) is 20.0. The van der Waals surface area contributed by atoms with E-state index in [9.17, 15) is 9.59 Å². The Bertz CT molecular complexity index is 1410. The molecular formula is C26H21BrN4O3. The van der Waals surface area contributed by atoms with Crippen molar-refractivity contribution in [1.82, 2.24) is 14.8 Å². The molecule has 0 aliphatic carbocycles. The number of hydrazone groups is 1. The van der Waals surface area contributed by atoms with Gasteiger partial charge < -0.3 is 4.42 Å². The van der Waals surface area contributed by atoms with E-state index in [1.807, 2.05) is 55.5 Å². The maximum atomic E-state index is 13.4. The molecule has 1 aliphatic heterocycles. The molecule has 0 spiro atoms. The summed E-state index contributed by atoms with van der Waals surface area (Å²) < 4.78 is 7.50. The van der Waals surface area contributed by atoms with Crippen molar-refractivity contribution in [1.29, 1.82) is 0 Å². The van der Waals surface area contributed by atoms with Crippen LogP contribution in [0.2, 0.25) is 0 Å². The van der Waals surface area contributed by atoms with E-state index < -0.39 is 0 Å². The molecular weight excluding hydrogens is 496 g/mol. The molecule has 1 unspecified atom stereocenters. The summed E-state index contributed by atoms with van der Waals surface area (Å²) in [6, 6.07) is 22.1. The zero-order chi connectivity index (χ0) is 23.7. The largest absolute Gasteiger partial charge is 0.463 e. The summed E-state index contributed by atoms with van der Waals surface area (Å²) in [5.41, 5.74) is 4.00. The molecule has 1 atom stereocenters. The molecule has 2 aromatic heterocycles. The van der Waals surface area contributed by atoms with E-state index in [2.05, 4.69) is 26.1 Å². The van der Waals surface area contributed by atoms with Crippen LogP contribution >= 0.6 is 15.9 Å². The second kappa shape index (κ2) is 9.23. The number of amides is 1. The van der Waals surface area contributed by atoms with Gasteiger partial charge in [-0.15, -0.1) is 0 Å². The van der Waals surface area contributed by atoms with Gasteiger partial charge in [0.25, 0.3) is 11.5 Å². The van der Waals surface area contributed by atoms with Crippen molar-refractivity contribution in [2.24, 2.45) is 5.10 Å². The lowest BCUT2D eigenvalue weighted by Gasteiger charge is -2.22. The summed E-state index contributed by atoms with van der Waals surface area (Å²) in [6.45, 7) is 1.79. The van der Waals surface area contributed by atoms with Crippen molar-refractivity contribution >= 4 is 27.5 Å². The molecule has 170 valence electrons. The molecule has 0 N–H and O–H groups in total. The summed E-state index contributed by atoms with van der Waals surface area (Å²) in [6.07, 6.45) is 2.11. The highest BCUT2D eigenvalue weighted by Gasteiger charge is 2.33. The van der Waals surface area contributed by atoms with E-state index in [4.69, 9.17) is 4.42 Å². The number of rotatable bonds is 5. The van der Waals surface area contributed by atoms with Gasteiger partial charge in [0.15, 0.2) is 5.76 Å². The summed E-state index contributed by atoms with van der Waals surface area (Å²) >= 11 is 3.46. The maximum Gasteiger partial charge on any atom is 0.267 e. The average molecular weight is 517 g/mol. The topological polar surface area (TPSA) is 80.7 Å². The molecule has 1 amide bonds. The molecule has 5 rings (SSSR count). The van der Waals surface area contributed by atoms with E-state index in [0.717, 1.165) is 31.6 Å². The lowest BCUT2D eigenvalue weighted by molar-refractivity contribution is -0.133. The number of hydrogen-bond acceptors (Lipinski definition) is 5. The van der Waals surface area contributed by atoms with Gasteiger partial charge >= 0.3 is 0 Å². The third-order valence-electron chi connectivity index (χ3n) is 5.73. The Balaban J connectivity index is 1.47. The Morgan fingerprint density at radius 3 is 2.53 bits per heavy atom. The summed E-state index contributed by atoms with van der Waals surface area (Å²) in [5, 5.41) is 10.5. The first kappa shape index (κ1) is 22.0. The molecule has 1 aliphatic rings. The molecule has 4 aromatic rings. The number of hydrogen-bond donors (Lipinski definition) is 0. The number of furan rings is 1. The van der Waals surface area contributed by atoms with Crippen molar-refractivity contribution in [3.63, 3.8) is 0 Å². The van der Waals surface area contributed by atoms with Crippen LogP contribution in [0.15, 0.2) is 97.8 Å². The minimum absolute atomic E-state index is 0.229. The van der Waals surface area contributed by atoms with E-state index in [-0.39, 0.29) is 24.1 Å². The fourth-order valence-electron chi connectivity index (χ4n) is 3.92. The Labute approximate surface area is 204 Å². The third-order valence-corrected chi connectivity index (χ3v) is 6.26. The summed E-state index contributed by atoms with van der Waals surface area (Å²) in [7, 11) is 0. The lowest BCUT2D eigenvalue weighted by Crippen LogP contribution is -2.34. The van der Waals surface area contributed by atoms with Crippen LogP contribution in [0.5, 0.6) is 0 Å². The van der Waals surface area contributed by atoms with Gasteiger partial charge in [0.1, 0.15) is 12.2 Å². The molecule has 2 aromatic carbocycles. The number of aryl methyl sites for hydroxylation is 1. The van der Waals surface area contributed by atoms with Crippen LogP contribution in [0.3, 0.4) is 0 Å². The molecule has 0 bridgehead atoms. The minimum Gasteiger partial charge on any atom is -0.463 e. The predicted molar refractivity (Wildman–Crippen MR) is 132 cm³/mol. The standard InChI is InChI=1S/C26H21BrN4O3/c1-17-4-6-19(7-5-17)23-15-22(18-8-10-20(27)11-9-18)29-31(23)26(33)16-30-25(32)13-12-21(28-30)24-3-2-14-34-24/h2-14,23H,15-16H2,1H3. The first-order valence-electron chi connectivity index (χ1n) is 10.8. The highest BCUT2D eigenvalue weighted by Crippen LogP contribution is 2.33. The van der Waals surface area contributed by atoms with Gasteiger partial charge in [-0.25, -0.2) is 9.69 Å². The van der Waals surface area contributed by atoms with E-state index in [1.54, 1.807) is 18.2 Å². The molecule has 0 saturated heterocycles. The fraction of sp³-hybridized carbons (Fsp3) is 0.154. The maximum absolute atomic E-state index is 13.4. The first-order valence-corrected chi connectivity index (χ1v) is 11.6. The Morgan fingerprint density at radius 2 is 1.82 bits per heavy atom. The molecule has 8 heteroatoms. The number of benzene rings is 2. The van der Waals surface area contributed by atoms with Crippen LogP contribution in [0.4, 0.5) is 0 Å². The van der Waals surface area contributed by atoms with Gasteiger partial charge in [-0.3, -0.25) is 9.59 Å². The normalized spacial score (nSPS) is 15.4. The van der Waals surface area contributed by atoms with Crippen molar-refractivity contribution in [3.05, 3.63) is 111 Å². The summed E-state index contributed by atoms with van der Waals surface area (Å²) in [4.78, 5) is 25.9. The van der Waals surface area contributed by atoms with Crippen LogP contribution in [0, 0.1) is 6.92 Å². The monoisotopic (exact) mass is 516 g/mol. The van der Waals surface area contributed by atoms with Crippen molar-refractivity contribution in [3.8, 4) is 11.5 Å². The van der Waals surface area contributed by atoms with Gasteiger partial charge in [-0.05, 0) is 48.4 Å². The van der Waals surface area contributed by atoms with Crippen LogP contribution in [0.25, 0.3) is 11.5 Å². The van der Waals surface area contributed by atoms with Crippen molar-refractivity contribution in [2.75, 3.05) is 0 Å². The number of carbonyl (C=O) groups is 1. The Morgan fingerprint density at radius 1 is 1.06 bits per heavy atom. The number of halogens is 1. The van der Waals surface area contributed by atoms with Crippen molar-refractivity contribution < 1.29 is 9.21 Å². The van der Waals surface area contributed by atoms with E-state index >= 15 is 0 Å². The highest BCUT2D eigenvalue weighted by molar-refractivity contribution is 9.10. The van der Waals surface area contributed by atoms with Crippen molar-refractivity contribution in [2.45, 2.75) is 25.9 Å². The molecule has 3 heterocycles. The second-order valence-electron chi connectivity index (χ2n) is 8.11. The Hall–Kier alpha value is -3.78. The van der Waals surface area contributed by atoms with Gasteiger partial charge in [-0.2, -0.15) is 10.2 Å². The molecule has 7 nitrogen and oxygen atoms in total. The number of nitrogens with zero attached hydrogens (tertiary/aromatic N) is 4. The minimum atomic E-state index is -0.369. The van der Waals surface area contributed by atoms with Gasteiger partial charge in [-0.1, -0.05) is 57.9 Å². The Kier molecular flexibility index (Phi) is 5.98. The molecule has 0 saturated carbocycles. The van der Waals surface area contributed by atoms with E-state index in [0.29, 0.717) is 17.9 Å². The van der Waals surface area contributed by atoms with Gasteiger partial charge in [0.05, 0.1) is 18.0 Å². The smallest absolute Gasteiger partial charge is 0.267 e. The second-order valence-corrected chi connectivity index (χ2v) is 9.03. The third kappa shape index (κ3) is 4.49. The first-order chi connectivity index (χ1) is 16.5. The van der Waals surface area contributed by atoms with Crippen LogP contribution in [-0.2, 0) is 11.3 Å². The zero-order valence-electron chi connectivity index (χ0n) is 18.4. The molecule has 0 fully saturated rings. The van der Waals surface area contributed by atoms with Gasteiger partial charge in [0, 0.05) is 17.0 Å². The SMILES string of the molecule is Cc1ccc(C2CC(c3ccc(Br)cc3)=NN2C(=O)Cn2nc(-c3ccco3)ccc2=O)cc1. The molecule has 0 radical (unpaired) electrons. The average Bonchev–Trinajstić information content (AvgIpc) is 3.52. The summed E-state index contributed by atoms with van der Waals surface area (Å²) in [5.74, 6) is 0.208. The number of carbonyl (C=O) groups excluding carboxylic acids is 1. The molecule has 34 heavy (non-hydrogen) atoms. The highest BCUT2D eigenvalue weighted by atomic mass is 79.9. The lowest BCUT2D eigenvalue weighted by atomic mass is 9.98. The quantitative estimate of drug-likeness (QED) is 0.375. The van der Waals surface area contributed by atoms with Crippen LogP contribution < -0.4 is 5.56 Å². The van der Waals surface area contributed by atoms with Crippen LogP contribution in [-0.4, -0.2) is 26.4 Å². The number of aromatic nitrogens is 2.